The van der Waals surface area contributed by atoms with Crippen LogP contribution in [0.15, 0.2) is 0 Å². The van der Waals surface area contributed by atoms with Gasteiger partial charge < -0.3 is 10.4 Å². The molecule has 2 aliphatic rings. The molecule has 1 amide bonds. The zero-order valence-corrected chi connectivity index (χ0v) is 10.3. The van der Waals surface area contributed by atoms with Crippen LogP contribution >= 0.6 is 0 Å². The van der Waals surface area contributed by atoms with Crippen LogP contribution in [0.4, 0.5) is 0 Å². The van der Waals surface area contributed by atoms with Gasteiger partial charge in [-0.3, -0.25) is 4.79 Å². The summed E-state index contributed by atoms with van der Waals surface area (Å²) in [6.07, 6.45) is 4.96. The molecule has 3 heteroatoms. The Morgan fingerprint density at radius 1 is 1.44 bits per heavy atom. The van der Waals surface area contributed by atoms with E-state index >= 15 is 0 Å². The standard InChI is InChI=1S/C13H23NO2/c1-13(2)5-3-4-11(13)12(16)14-8-9-6-10(15)7-9/h9-11,15H,3-8H2,1-2H3,(H,14,16). The van der Waals surface area contributed by atoms with Gasteiger partial charge in [-0.2, -0.15) is 0 Å². The molecule has 1 unspecified atom stereocenters. The Kier molecular flexibility index (Phi) is 3.24. The van der Waals surface area contributed by atoms with Crippen LogP contribution in [0.25, 0.3) is 0 Å². The Labute approximate surface area is 97.6 Å². The second-order valence-electron chi connectivity index (χ2n) is 6.17. The topological polar surface area (TPSA) is 49.3 Å². The van der Waals surface area contributed by atoms with E-state index in [1.807, 2.05) is 0 Å². The number of amides is 1. The number of nitrogens with one attached hydrogen (secondary N) is 1. The van der Waals surface area contributed by atoms with Crippen molar-refractivity contribution in [2.45, 2.75) is 52.1 Å². The van der Waals surface area contributed by atoms with Crippen LogP contribution < -0.4 is 5.32 Å². The van der Waals surface area contributed by atoms with Crippen LogP contribution in [0.3, 0.4) is 0 Å². The second-order valence-corrected chi connectivity index (χ2v) is 6.17. The summed E-state index contributed by atoms with van der Waals surface area (Å²) >= 11 is 0. The quantitative estimate of drug-likeness (QED) is 0.768. The number of hydrogen-bond donors (Lipinski definition) is 2. The first kappa shape index (κ1) is 11.9. The third-order valence-electron chi connectivity index (χ3n) is 4.35. The highest BCUT2D eigenvalue weighted by Crippen LogP contribution is 2.42. The highest BCUT2D eigenvalue weighted by molar-refractivity contribution is 5.79. The highest BCUT2D eigenvalue weighted by Gasteiger charge is 2.39. The minimum Gasteiger partial charge on any atom is -0.393 e. The fourth-order valence-electron chi connectivity index (χ4n) is 3.05. The molecule has 2 rings (SSSR count). The van der Waals surface area contributed by atoms with E-state index in [0.29, 0.717) is 5.92 Å². The second kappa shape index (κ2) is 4.36. The molecular formula is C13H23NO2. The van der Waals surface area contributed by atoms with E-state index in [1.54, 1.807) is 0 Å². The third-order valence-corrected chi connectivity index (χ3v) is 4.35. The zero-order valence-electron chi connectivity index (χ0n) is 10.3. The summed E-state index contributed by atoms with van der Waals surface area (Å²) in [4.78, 5) is 12.0. The van der Waals surface area contributed by atoms with Crippen LogP contribution in [0.5, 0.6) is 0 Å². The molecule has 0 bridgehead atoms. The first-order valence-corrected chi connectivity index (χ1v) is 6.45. The van der Waals surface area contributed by atoms with E-state index in [1.165, 1.54) is 6.42 Å². The minimum atomic E-state index is -0.121. The van der Waals surface area contributed by atoms with E-state index in [0.717, 1.165) is 32.2 Å². The molecule has 1 atom stereocenters. The Bertz CT molecular complexity index is 269. The molecule has 0 aromatic rings. The summed E-state index contributed by atoms with van der Waals surface area (Å²) in [7, 11) is 0. The van der Waals surface area contributed by atoms with Crippen LogP contribution in [0.1, 0.15) is 46.0 Å². The predicted molar refractivity (Wildman–Crippen MR) is 62.9 cm³/mol. The van der Waals surface area contributed by atoms with Crippen molar-refractivity contribution in [3.63, 3.8) is 0 Å². The molecule has 92 valence electrons. The lowest BCUT2D eigenvalue weighted by Crippen LogP contribution is -2.42. The van der Waals surface area contributed by atoms with Gasteiger partial charge in [0.05, 0.1) is 6.10 Å². The van der Waals surface area contributed by atoms with Crippen molar-refractivity contribution in [1.29, 1.82) is 0 Å². The van der Waals surface area contributed by atoms with E-state index < -0.39 is 0 Å². The summed E-state index contributed by atoms with van der Waals surface area (Å²) < 4.78 is 0. The third kappa shape index (κ3) is 2.40. The number of aliphatic hydroxyl groups excluding tert-OH is 1. The monoisotopic (exact) mass is 225 g/mol. The van der Waals surface area contributed by atoms with Crippen molar-refractivity contribution < 1.29 is 9.90 Å². The number of aliphatic hydroxyl groups is 1. The average molecular weight is 225 g/mol. The summed E-state index contributed by atoms with van der Waals surface area (Å²) in [6.45, 7) is 5.14. The summed E-state index contributed by atoms with van der Waals surface area (Å²) in [5.41, 5.74) is 0.170. The Morgan fingerprint density at radius 2 is 2.12 bits per heavy atom. The molecule has 0 aliphatic heterocycles. The van der Waals surface area contributed by atoms with E-state index in [4.69, 9.17) is 5.11 Å². The van der Waals surface area contributed by atoms with Gasteiger partial charge in [-0.1, -0.05) is 20.3 Å². The van der Waals surface area contributed by atoms with Crippen molar-refractivity contribution in [1.82, 2.24) is 5.32 Å². The number of hydrogen-bond acceptors (Lipinski definition) is 2. The Balaban J connectivity index is 1.75. The van der Waals surface area contributed by atoms with Gasteiger partial charge in [0.15, 0.2) is 0 Å². The van der Waals surface area contributed by atoms with E-state index in [-0.39, 0.29) is 23.3 Å². The fraction of sp³-hybridized carbons (Fsp3) is 0.923. The maximum atomic E-state index is 12.0. The molecule has 2 saturated carbocycles. The lowest BCUT2D eigenvalue weighted by atomic mass is 9.80. The molecule has 2 fully saturated rings. The van der Waals surface area contributed by atoms with Crippen LogP contribution in [-0.4, -0.2) is 23.7 Å². The lowest BCUT2D eigenvalue weighted by molar-refractivity contribution is -0.128. The summed E-state index contributed by atoms with van der Waals surface area (Å²) in [6, 6.07) is 0. The molecule has 3 nitrogen and oxygen atoms in total. The Hall–Kier alpha value is -0.570. The summed E-state index contributed by atoms with van der Waals surface area (Å²) in [5.74, 6) is 0.921. The van der Waals surface area contributed by atoms with Gasteiger partial charge in [0.2, 0.25) is 5.91 Å². The van der Waals surface area contributed by atoms with Crippen molar-refractivity contribution in [3.05, 3.63) is 0 Å². The maximum Gasteiger partial charge on any atom is 0.223 e. The minimum absolute atomic E-state index is 0.121. The molecule has 0 radical (unpaired) electrons. The van der Waals surface area contributed by atoms with Gasteiger partial charge in [-0.25, -0.2) is 0 Å². The Morgan fingerprint density at radius 3 is 2.62 bits per heavy atom. The maximum absolute atomic E-state index is 12.0. The van der Waals surface area contributed by atoms with Crippen LogP contribution in [-0.2, 0) is 4.79 Å². The van der Waals surface area contributed by atoms with Gasteiger partial charge in [0.25, 0.3) is 0 Å². The lowest BCUT2D eigenvalue weighted by Gasteiger charge is -2.32. The van der Waals surface area contributed by atoms with Gasteiger partial charge in [0, 0.05) is 12.5 Å². The molecule has 0 saturated heterocycles. The van der Waals surface area contributed by atoms with Gasteiger partial charge in [-0.05, 0) is 37.0 Å². The van der Waals surface area contributed by atoms with E-state index in [9.17, 15) is 4.79 Å². The normalized spacial score (nSPS) is 36.8. The van der Waals surface area contributed by atoms with Crippen molar-refractivity contribution in [2.24, 2.45) is 17.3 Å². The number of rotatable bonds is 3. The smallest absolute Gasteiger partial charge is 0.223 e. The number of carbonyl (C=O) groups is 1. The first-order valence-electron chi connectivity index (χ1n) is 6.45. The molecule has 0 aromatic heterocycles. The summed E-state index contributed by atoms with van der Waals surface area (Å²) in [5, 5.41) is 12.2. The van der Waals surface area contributed by atoms with Gasteiger partial charge >= 0.3 is 0 Å². The predicted octanol–water partition coefficient (Wildman–Crippen LogP) is 1.70. The van der Waals surface area contributed by atoms with E-state index in [2.05, 4.69) is 19.2 Å². The van der Waals surface area contributed by atoms with Crippen LogP contribution in [0.2, 0.25) is 0 Å². The molecule has 0 aromatic carbocycles. The largest absolute Gasteiger partial charge is 0.393 e. The fourth-order valence-corrected chi connectivity index (χ4v) is 3.05. The molecule has 16 heavy (non-hydrogen) atoms. The van der Waals surface area contributed by atoms with Gasteiger partial charge in [-0.15, -0.1) is 0 Å². The van der Waals surface area contributed by atoms with Crippen molar-refractivity contribution in [2.75, 3.05) is 6.54 Å². The number of carbonyl (C=O) groups excluding carboxylic acids is 1. The average Bonchev–Trinajstić information content (AvgIpc) is 2.50. The SMILES string of the molecule is CC1(C)CCCC1C(=O)NCC1CC(O)C1. The first-order chi connectivity index (χ1) is 7.49. The molecular weight excluding hydrogens is 202 g/mol. The molecule has 2 aliphatic carbocycles. The van der Waals surface area contributed by atoms with Gasteiger partial charge in [0.1, 0.15) is 0 Å². The zero-order chi connectivity index (χ0) is 11.8. The molecule has 2 N–H and O–H groups in total. The van der Waals surface area contributed by atoms with Crippen molar-refractivity contribution >= 4 is 5.91 Å². The molecule has 0 heterocycles. The van der Waals surface area contributed by atoms with Crippen LogP contribution in [0, 0.1) is 17.3 Å². The van der Waals surface area contributed by atoms with Crippen molar-refractivity contribution in [3.8, 4) is 0 Å². The highest BCUT2D eigenvalue weighted by atomic mass is 16.3. The molecule has 0 spiro atoms.